The molecule has 1 N–H and O–H groups in total. The number of nitrogens with zero attached hydrogens (tertiary/aromatic N) is 2. The van der Waals surface area contributed by atoms with Crippen LogP contribution in [0.2, 0.25) is 0 Å². The molecule has 2 aliphatic rings. The summed E-state index contributed by atoms with van der Waals surface area (Å²) in [7, 11) is 0. The summed E-state index contributed by atoms with van der Waals surface area (Å²) in [5.41, 5.74) is 0. The number of carbonyl (C=O) groups is 1. The number of aliphatic hydroxyl groups is 1. The van der Waals surface area contributed by atoms with Crippen molar-refractivity contribution in [2.45, 2.75) is 70.7 Å². The van der Waals surface area contributed by atoms with Crippen molar-refractivity contribution in [2.24, 2.45) is 0 Å². The van der Waals surface area contributed by atoms with Crippen molar-refractivity contribution < 1.29 is 9.90 Å². The number of hydrogen-bond acceptors (Lipinski definition) is 3. The Morgan fingerprint density at radius 2 is 1.78 bits per heavy atom. The highest BCUT2D eigenvalue weighted by atomic mass is 16.3. The molecule has 0 aliphatic carbocycles. The normalized spacial score (nSPS) is 33.4. The van der Waals surface area contributed by atoms with Gasteiger partial charge in [0.2, 0.25) is 5.91 Å². The third-order valence-corrected chi connectivity index (χ3v) is 4.64. The van der Waals surface area contributed by atoms with Gasteiger partial charge in [-0.25, -0.2) is 0 Å². The second-order valence-electron chi connectivity index (χ2n) is 5.64. The van der Waals surface area contributed by atoms with Crippen LogP contribution >= 0.6 is 0 Å². The van der Waals surface area contributed by atoms with Crippen molar-refractivity contribution in [3.63, 3.8) is 0 Å². The summed E-state index contributed by atoms with van der Waals surface area (Å²) >= 11 is 0. The Hall–Kier alpha value is -0.610. The maximum absolute atomic E-state index is 12.4. The fraction of sp³-hybridized carbons (Fsp3) is 0.929. The monoisotopic (exact) mass is 254 g/mol. The molecule has 18 heavy (non-hydrogen) atoms. The molecule has 4 nitrogen and oxygen atoms in total. The molecule has 2 fully saturated rings. The van der Waals surface area contributed by atoms with E-state index in [4.69, 9.17) is 0 Å². The highest BCUT2D eigenvalue weighted by Crippen LogP contribution is 2.37. The maximum atomic E-state index is 12.4. The van der Waals surface area contributed by atoms with Crippen LogP contribution in [0.4, 0.5) is 0 Å². The summed E-state index contributed by atoms with van der Waals surface area (Å²) in [4.78, 5) is 16.7. The van der Waals surface area contributed by atoms with Gasteiger partial charge < -0.3 is 10.0 Å². The SMILES string of the molecule is CCN(CC)C(=O)C(C)N1C2CCC1CC(O)C2. The van der Waals surface area contributed by atoms with Crippen LogP contribution in [0.3, 0.4) is 0 Å². The number of likely N-dealkylation sites (N-methyl/N-ethyl adjacent to an activating group) is 1. The molecule has 3 atom stereocenters. The van der Waals surface area contributed by atoms with E-state index in [0.29, 0.717) is 12.1 Å². The van der Waals surface area contributed by atoms with E-state index >= 15 is 0 Å². The first-order chi connectivity index (χ1) is 8.58. The van der Waals surface area contributed by atoms with Gasteiger partial charge in [-0.1, -0.05) is 0 Å². The van der Waals surface area contributed by atoms with Crippen LogP contribution in [0, 0.1) is 0 Å². The average molecular weight is 254 g/mol. The lowest BCUT2D eigenvalue weighted by Crippen LogP contribution is -2.55. The van der Waals surface area contributed by atoms with Crippen LogP contribution < -0.4 is 0 Å². The lowest BCUT2D eigenvalue weighted by molar-refractivity contribution is -0.138. The fourth-order valence-corrected chi connectivity index (χ4v) is 3.74. The third kappa shape index (κ3) is 2.41. The lowest BCUT2D eigenvalue weighted by atomic mass is 9.97. The molecule has 4 heteroatoms. The Bertz CT molecular complexity index is 290. The smallest absolute Gasteiger partial charge is 0.239 e. The Morgan fingerprint density at radius 3 is 2.22 bits per heavy atom. The molecule has 0 aromatic heterocycles. The third-order valence-electron chi connectivity index (χ3n) is 4.64. The number of amides is 1. The van der Waals surface area contributed by atoms with E-state index in [0.717, 1.165) is 38.8 Å². The second-order valence-corrected chi connectivity index (χ2v) is 5.64. The summed E-state index contributed by atoms with van der Waals surface area (Å²) in [6.07, 6.45) is 3.79. The van der Waals surface area contributed by atoms with E-state index in [2.05, 4.69) is 4.90 Å². The quantitative estimate of drug-likeness (QED) is 0.820. The van der Waals surface area contributed by atoms with Crippen LogP contribution in [0.15, 0.2) is 0 Å². The van der Waals surface area contributed by atoms with Gasteiger partial charge in [-0.15, -0.1) is 0 Å². The number of carbonyl (C=O) groups excluding carboxylic acids is 1. The van der Waals surface area contributed by atoms with Crippen molar-refractivity contribution >= 4 is 5.91 Å². The molecule has 0 spiro atoms. The zero-order valence-electron chi connectivity index (χ0n) is 11.8. The van der Waals surface area contributed by atoms with E-state index in [-0.39, 0.29) is 18.1 Å². The summed E-state index contributed by atoms with van der Waals surface area (Å²) in [5, 5.41) is 9.81. The summed E-state index contributed by atoms with van der Waals surface area (Å²) in [6, 6.07) is 0.788. The molecule has 2 rings (SSSR count). The Kier molecular flexibility index (Phi) is 4.28. The van der Waals surface area contributed by atoms with Crippen LogP contribution in [0.25, 0.3) is 0 Å². The van der Waals surface area contributed by atoms with Gasteiger partial charge in [0.15, 0.2) is 0 Å². The standard InChI is InChI=1S/C14H26N2O2/c1-4-15(5-2)14(18)10(3)16-11-6-7-12(16)9-13(17)8-11/h10-13,17H,4-9H2,1-3H3. The van der Waals surface area contributed by atoms with Crippen molar-refractivity contribution in [1.82, 2.24) is 9.80 Å². The summed E-state index contributed by atoms with van der Waals surface area (Å²) in [5.74, 6) is 0.244. The minimum absolute atomic E-state index is 0.0325. The number of hydrogen-bond donors (Lipinski definition) is 1. The molecule has 2 aliphatic heterocycles. The van der Waals surface area contributed by atoms with Crippen LogP contribution in [-0.4, -0.2) is 58.1 Å². The molecular formula is C14H26N2O2. The molecule has 104 valence electrons. The van der Waals surface area contributed by atoms with E-state index in [9.17, 15) is 9.90 Å². The fourth-order valence-electron chi connectivity index (χ4n) is 3.74. The van der Waals surface area contributed by atoms with Gasteiger partial charge in [0.25, 0.3) is 0 Å². The topological polar surface area (TPSA) is 43.8 Å². The predicted molar refractivity (Wildman–Crippen MR) is 71.3 cm³/mol. The maximum Gasteiger partial charge on any atom is 0.239 e. The molecule has 2 bridgehead atoms. The first kappa shape index (κ1) is 13.8. The van der Waals surface area contributed by atoms with Crippen molar-refractivity contribution in [3.8, 4) is 0 Å². The number of aliphatic hydroxyl groups excluding tert-OH is 1. The summed E-state index contributed by atoms with van der Waals surface area (Å²) < 4.78 is 0. The minimum atomic E-state index is -0.158. The molecular weight excluding hydrogens is 228 g/mol. The Balaban J connectivity index is 2.05. The number of piperidine rings is 1. The molecule has 3 unspecified atom stereocenters. The van der Waals surface area contributed by atoms with Crippen LogP contribution in [-0.2, 0) is 4.79 Å². The summed E-state index contributed by atoms with van der Waals surface area (Å²) in [6.45, 7) is 7.66. The largest absolute Gasteiger partial charge is 0.393 e. The minimum Gasteiger partial charge on any atom is -0.393 e. The average Bonchev–Trinajstić information content (AvgIpc) is 2.62. The van der Waals surface area contributed by atoms with Gasteiger partial charge in [0.1, 0.15) is 0 Å². The number of rotatable bonds is 4. The Morgan fingerprint density at radius 1 is 1.28 bits per heavy atom. The highest BCUT2D eigenvalue weighted by Gasteiger charge is 2.44. The van der Waals surface area contributed by atoms with Crippen molar-refractivity contribution in [1.29, 1.82) is 0 Å². The van der Waals surface area contributed by atoms with E-state index in [1.807, 2.05) is 25.7 Å². The van der Waals surface area contributed by atoms with Crippen LogP contribution in [0.1, 0.15) is 46.5 Å². The predicted octanol–water partition coefficient (Wildman–Crippen LogP) is 1.23. The van der Waals surface area contributed by atoms with Gasteiger partial charge >= 0.3 is 0 Å². The van der Waals surface area contributed by atoms with Gasteiger partial charge in [0.05, 0.1) is 12.1 Å². The molecule has 0 radical (unpaired) electrons. The lowest BCUT2D eigenvalue weighted by Gasteiger charge is -2.41. The first-order valence-electron chi connectivity index (χ1n) is 7.32. The molecule has 0 aromatic carbocycles. The van der Waals surface area contributed by atoms with E-state index in [1.54, 1.807) is 0 Å². The first-order valence-corrected chi connectivity index (χ1v) is 7.32. The highest BCUT2D eigenvalue weighted by molar-refractivity contribution is 5.81. The van der Waals surface area contributed by atoms with Crippen molar-refractivity contribution in [2.75, 3.05) is 13.1 Å². The van der Waals surface area contributed by atoms with Crippen LogP contribution in [0.5, 0.6) is 0 Å². The zero-order valence-corrected chi connectivity index (χ0v) is 11.8. The van der Waals surface area contributed by atoms with Gasteiger partial charge in [-0.05, 0) is 46.5 Å². The van der Waals surface area contributed by atoms with Gasteiger partial charge in [0, 0.05) is 25.2 Å². The molecule has 2 saturated heterocycles. The molecule has 2 heterocycles. The zero-order chi connectivity index (χ0) is 13.3. The molecule has 1 amide bonds. The van der Waals surface area contributed by atoms with E-state index in [1.165, 1.54) is 0 Å². The van der Waals surface area contributed by atoms with Gasteiger partial charge in [-0.3, -0.25) is 9.69 Å². The number of fused-ring (bicyclic) bond motifs is 2. The second kappa shape index (κ2) is 5.57. The Labute approximate surface area is 110 Å². The van der Waals surface area contributed by atoms with Gasteiger partial charge in [-0.2, -0.15) is 0 Å². The molecule has 0 saturated carbocycles. The van der Waals surface area contributed by atoms with E-state index < -0.39 is 0 Å². The molecule has 0 aromatic rings. The van der Waals surface area contributed by atoms with Crippen molar-refractivity contribution in [3.05, 3.63) is 0 Å².